The molecule has 0 aromatic carbocycles. The van der Waals surface area contributed by atoms with Crippen LogP contribution >= 0.6 is 11.3 Å². The van der Waals surface area contributed by atoms with Gasteiger partial charge in [0.2, 0.25) is 0 Å². The van der Waals surface area contributed by atoms with E-state index in [1.807, 2.05) is 13.0 Å². The van der Waals surface area contributed by atoms with E-state index in [0.717, 1.165) is 5.76 Å². The Balaban J connectivity index is 1.85. The second-order valence-corrected chi connectivity index (χ2v) is 4.92. The summed E-state index contributed by atoms with van der Waals surface area (Å²) in [6.07, 6.45) is 0. The topological polar surface area (TPSA) is 80.6 Å². The van der Waals surface area contributed by atoms with Crippen LogP contribution in [0.4, 0.5) is 10.5 Å². The number of urea groups is 1. The number of thiophene rings is 1. The van der Waals surface area contributed by atoms with Gasteiger partial charge in [-0.1, -0.05) is 0 Å². The fourth-order valence-corrected chi connectivity index (χ4v) is 2.29. The Bertz CT molecular complexity index is 617. The molecule has 0 aliphatic carbocycles. The fraction of sp³-hybridized carbons (Fsp3) is 0.231. The van der Waals surface area contributed by atoms with Gasteiger partial charge in [0.1, 0.15) is 16.4 Å². The van der Waals surface area contributed by atoms with Crippen LogP contribution in [0.1, 0.15) is 21.2 Å². The molecule has 7 heteroatoms. The van der Waals surface area contributed by atoms with E-state index in [-0.39, 0.29) is 6.03 Å². The van der Waals surface area contributed by atoms with Crippen LogP contribution in [-0.4, -0.2) is 19.1 Å². The monoisotopic (exact) mass is 294 g/mol. The van der Waals surface area contributed by atoms with Crippen molar-refractivity contribution in [3.05, 3.63) is 40.0 Å². The number of hydrogen-bond acceptors (Lipinski definition) is 5. The molecule has 2 rings (SSSR count). The zero-order valence-electron chi connectivity index (χ0n) is 11.1. The van der Waals surface area contributed by atoms with Crippen LogP contribution in [0.3, 0.4) is 0 Å². The molecule has 0 unspecified atom stereocenters. The number of carbonyl (C=O) groups is 2. The van der Waals surface area contributed by atoms with Crippen LogP contribution in [-0.2, 0) is 11.3 Å². The lowest BCUT2D eigenvalue weighted by atomic mass is 10.4. The van der Waals surface area contributed by atoms with Gasteiger partial charge in [0.05, 0.1) is 19.3 Å². The largest absolute Gasteiger partial charge is 0.465 e. The van der Waals surface area contributed by atoms with E-state index < -0.39 is 5.97 Å². The normalized spacial score (nSPS) is 10.1. The Morgan fingerprint density at radius 1 is 1.40 bits per heavy atom. The number of nitrogens with one attached hydrogen (secondary N) is 2. The molecule has 0 saturated heterocycles. The summed E-state index contributed by atoms with van der Waals surface area (Å²) < 4.78 is 9.93. The van der Waals surface area contributed by atoms with Crippen molar-refractivity contribution in [2.75, 3.05) is 12.4 Å². The van der Waals surface area contributed by atoms with Crippen LogP contribution < -0.4 is 10.6 Å². The Morgan fingerprint density at radius 2 is 2.20 bits per heavy atom. The van der Waals surface area contributed by atoms with E-state index in [1.165, 1.54) is 18.4 Å². The third kappa shape index (κ3) is 3.61. The molecule has 0 radical (unpaired) electrons. The molecule has 0 aliphatic rings. The first-order valence-electron chi connectivity index (χ1n) is 5.85. The van der Waals surface area contributed by atoms with E-state index in [2.05, 4.69) is 15.4 Å². The van der Waals surface area contributed by atoms with Crippen molar-refractivity contribution < 1.29 is 18.7 Å². The smallest absolute Gasteiger partial charge is 0.348 e. The van der Waals surface area contributed by atoms with Crippen molar-refractivity contribution in [2.45, 2.75) is 13.5 Å². The highest BCUT2D eigenvalue weighted by molar-refractivity contribution is 7.12. The maximum Gasteiger partial charge on any atom is 0.348 e. The summed E-state index contributed by atoms with van der Waals surface area (Å²) in [5, 5.41) is 6.96. The van der Waals surface area contributed by atoms with Gasteiger partial charge in [0.25, 0.3) is 0 Å². The van der Waals surface area contributed by atoms with E-state index in [0.29, 0.717) is 22.9 Å². The highest BCUT2D eigenvalue weighted by atomic mass is 32.1. The third-order valence-corrected chi connectivity index (χ3v) is 3.37. The number of esters is 1. The average Bonchev–Trinajstić information content (AvgIpc) is 3.05. The van der Waals surface area contributed by atoms with Gasteiger partial charge in [0, 0.05) is 5.38 Å². The molecular formula is C13H14N2O4S. The Kier molecular flexibility index (Phi) is 4.41. The molecule has 0 bridgehead atoms. The highest BCUT2D eigenvalue weighted by Gasteiger charge is 2.10. The number of amides is 2. The number of methoxy groups -OCH3 is 1. The minimum Gasteiger partial charge on any atom is -0.465 e. The molecule has 0 spiro atoms. The summed E-state index contributed by atoms with van der Waals surface area (Å²) in [5.41, 5.74) is 0.545. The van der Waals surface area contributed by atoms with Gasteiger partial charge in [-0.05, 0) is 25.1 Å². The number of anilines is 1. The van der Waals surface area contributed by atoms with Crippen molar-refractivity contribution >= 4 is 29.0 Å². The van der Waals surface area contributed by atoms with Crippen LogP contribution in [0.25, 0.3) is 0 Å². The quantitative estimate of drug-likeness (QED) is 0.850. The predicted octanol–water partition coefficient (Wildman–Crippen LogP) is 2.76. The molecule has 106 valence electrons. The van der Waals surface area contributed by atoms with E-state index in [4.69, 9.17) is 4.42 Å². The number of rotatable bonds is 4. The second-order valence-electron chi connectivity index (χ2n) is 4.01. The maximum atomic E-state index is 11.7. The fourth-order valence-electron chi connectivity index (χ4n) is 1.53. The first kappa shape index (κ1) is 14.1. The zero-order valence-corrected chi connectivity index (χ0v) is 11.9. The van der Waals surface area contributed by atoms with Crippen molar-refractivity contribution in [1.29, 1.82) is 0 Å². The number of ether oxygens (including phenoxy) is 1. The summed E-state index contributed by atoms with van der Waals surface area (Å²) in [4.78, 5) is 23.4. The first-order chi connectivity index (χ1) is 9.58. The summed E-state index contributed by atoms with van der Waals surface area (Å²) in [5.74, 6) is 1.05. The summed E-state index contributed by atoms with van der Waals surface area (Å²) in [6, 6.07) is 4.83. The molecule has 2 aromatic heterocycles. The molecule has 20 heavy (non-hydrogen) atoms. The molecular weight excluding hydrogens is 280 g/mol. The lowest BCUT2D eigenvalue weighted by molar-refractivity contribution is 0.0606. The Hall–Kier alpha value is -2.28. The van der Waals surface area contributed by atoms with E-state index >= 15 is 0 Å². The van der Waals surface area contributed by atoms with Gasteiger partial charge in [-0.15, -0.1) is 11.3 Å². The summed E-state index contributed by atoms with van der Waals surface area (Å²) in [7, 11) is 1.31. The average molecular weight is 294 g/mol. The van der Waals surface area contributed by atoms with Gasteiger partial charge in [-0.25, -0.2) is 9.59 Å². The van der Waals surface area contributed by atoms with E-state index in [9.17, 15) is 9.59 Å². The van der Waals surface area contributed by atoms with Gasteiger partial charge in [-0.2, -0.15) is 0 Å². The molecule has 2 N–H and O–H groups in total. The van der Waals surface area contributed by atoms with Crippen molar-refractivity contribution in [3.63, 3.8) is 0 Å². The van der Waals surface area contributed by atoms with Crippen LogP contribution in [0, 0.1) is 6.92 Å². The third-order valence-electron chi connectivity index (χ3n) is 2.46. The van der Waals surface area contributed by atoms with Gasteiger partial charge in [0.15, 0.2) is 0 Å². The molecule has 0 saturated carbocycles. The molecule has 2 heterocycles. The Labute approximate surface area is 119 Å². The standard InChI is InChI=1S/C13H14N2O4S/c1-8-3-4-10(19-8)6-14-13(17)15-9-5-11(20-7-9)12(16)18-2/h3-5,7H,6H2,1-2H3,(H2,14,15,17). The van der Waals surface area contributed by atoms with Crippen molar-refractivity contribution in [2.24, 2.45) is 0 Å². The Morgan fingerprint density at radius 3 is 2.85 bits per heavy atom. The summed E-state index contributed by atoms with van der Waals surface area (Å²) in [6.45, 7) is 2.14. The molecule has 6 nitrogen and oxygen atoms in total. The number of aryl methyl sites for hydroxylation is 1. The number of furan rings is 1. The van der Waals surface area contributed by atoms with Gasteiger partial charge >= 0.3 is 12.0 Å². The molecule has 0 fully saturated rings. The molecule has 0 aliphatic heterocycles. The molecule has 2 aromatic rings. The minimum atomic E-state index is -0.422. The SMILES string of the molecule is COC(=O)c1cc(NC(=O)NCc2ccc(C)o2)cs1. The van der Waals surface area contributed by atoms with Crippen LogP contribution in [0.5, 0.6) is 0 Å². The maximum absolute atomic E-state index is 11.7. The van der Waals surface area contributed by atoms with Crippen molar-refractivity contribution in [1.82, 2.24) is 5.32 Å². The molecule has 2 amide bonds. The second kappa shape index (κ2) is 6.25. The van der Waals surface area contributed by atoms with Gasteiger partial charge < -0.3 is 19.8 Å². The predicted molar refractivity (Wildman–Crippen MR) is 75.0 cm³/mol. The molecule has 0 atom stereocenters. The van der Waals surface area contributed by atoms with Crippen LogP contribution in [0.2, 0.25) is 0 Å². The highest BCUT2D eigenvalue weighted by Crippen LogP contribution is 2.19. The first-order valence-corrected chi connectivity index (χ1v) is 6.73. The number of hydrogen-bond donors (Lipinski definition) is 2. The van der Waals surface area contributed by atoms with E-state index in [1.54, 1.807) is 17.5 Å². The zero-order chi connectivity index (χ0) is 14.5. The number of carbonyl (C=O) groups excluding carboxylic acids is 2. The van der Waals surface area contributed by atoms with Crippen LogP contribution in [0.15, 0.2) is 28.0 Å². The van der Waals surface area contributed by atoms with Gasteiger partial charge in [-0.3, -0.25) is 0 Å². The minimum absolute atomic E-state index is 0.299. The summed E-state index contributed by atoms with van der Waals surface area (Å²) >= 11 is 1.21. The van der Waals surface area contributed by atoms with Crippen molar-refractivity contribution in [3.8, 4) is 0 Å². The lowest BCUT2D eigenvalue weighted by Gasteiger charge is -2.04. The lowest BCUT2D eigenvalue weighted by Crippen LogP contribution is -2.27.